The lowest BCUT2D eigenvalue weighted by Gasteiger charge is -2.22. The molecule has 0 fully saturated rings. The highest BCUT2D eigenvalue weighted by atomic mass is 16.6. The molecule has 0 radical (unpaired) electrons. The van der Waals surface area contributed by atoms with Gasteiger partial charge < -0.3 is 9.47 Å². The molecule has 0 unspecified atom stereocenters. The fourth-order valence-corrected chi connectivity index (χ4v) is 2.12. The summed E-state index contributed by atoms with van der Waals surface area (Å²) in [5.74, 6) is -0.404. The van der Waals surface area contributed by atoms with Crippen molar-refractivity contribution in [2.45, 2.75) is 32.4 Å². The van der Waals surface area contributed by atoms with Crippen molar-refractivity contribution in [3.63, 3.8) is 0 Å². The lowest BCUT2D eigenvalue weighted by molar-refractivity contribution is -0.147. The van der Waals surface area contributed by atoms with E-state index in [9.17, 15) is 9.59 Å². The maximum Gasteiger partial charge on any atom is 0.411 e. The summed E-state index contributed by atoms with van der Waals surface area (Å²) in [7, 11) is 0. The molecule has 0 saturated carbocycles. The fraction of sp³-hybridized carbons (Fsp3) is 0.412. The largest absolute Gasteiger partial charge is 0.464 e. The predicted molar refractivity (Wildman–Crippen MR) is 82.1 cm³/mol. The van der Waals surface area contributed by atoms with Crippen LogP contribution in [0.15, 0.2) is 42.5 Å². The first-order valence-electron chi connectivity index (χ1n) is 7.53. The van der Waals surface area contributed by atoms with Crippen LogP contribution in [-0.4, -0.2) is 36.2 Å². The Morgan fingerprint density at radius 3 is 2.73 bits per heavy atom. The van der Waals surface area contributed by atoms with Gasteiger partial charge in [-0.1, -0.05) is 55.8 Å². The fourth-order valence-electron chi connectivity index (χ4n) is 2.12. The zero-order chi connectivity index (χ0) is 15.8. The minimum Gasteiger partial charge on any atom is -0.464 e. The SMILES string of the molecule is CCCCOC(=O)[C@@H]1C=CCN1C(=O)OCc1ccccc1. The van der Waals surface area contributed by atoms with Crippen LogP contribution in [0.2, 0.25) is 0 Å². The number of amides is 1. The first-order valence-corrected chi connectivity index (χ1v) is 7.53. The maximum atomic E-state index is 12.1. The van der Waals surface area contributed by atoms with Crippen LogP contribution in [0.3, 0.4) is 0 Å². The van der Waals surface area contributed by atoms with Crippen LogP contribution in [0.25, 0.3) is 0 Å². The zero-order valence-corrected chi connectivity index (χ0v) is 12.7. The van der Waals surface area contributed by atoms with Gasteiger partial charge >= 0.3 is 12.1 Å². The Morgan fingerprint density at radius 1 is 1.23 bits per heavy atom. The number of nitrogens with zero attached hydrogens (tertiary/aromatic N) is 1. The van der Waals surface area contributed by atoms with Crippen molar-refractivity contribution >= 4 is 12.1 Å². The van der Waals surface area contributed by atoms with Crippen molar-refractivity contribution in [3.05, 3.63) is 48.0 Å². The molecule has 118 valence electrons. The van der Waals surface area contributed by atoms with Gasteiger partial charge in [0.15, 0.2) is 6.04 Å². The molecule has 0 saturated heterocycles. The molecule has 5 heteroatoms. The second-order valence-electron chi connectivity index (χ2n) is 5.09. The van der Waals surface area contributed by atoms with E-state index in [1.54, 1.807) is 12.2 Å². The zero-order valence-electron chi connectivity index (χ0n) is 12.7. The molecule has 1 atom stereocenters. The highest BCUT2D eigenvalue weighted by Crippen LogP contribution is 2.14. The van der Waals surface area contributed by atoms with Gasteiger partial charge in [-0.05, 0) is 12.0 Å². The molecular formula is C17H21NO4. The average molecular weight is 303 g/mol. The molecular weight excluding hydrogens is 282 g/mol. The van der Waals surface area contributed by atoms with E-state index < -0.39 is 18.1 Å². The lowest BCUT2D eigenvalue weighted by atomic mass is 10.2. The van der Waals surface area contributed by atoms with Gasteiger partial charge in [0.2, 0.25) is 0 Å². The molecule has 0 N–H and O–H groups in total. The molecule has 1 heterocycles. The normalized spacial score (nSPS) is 16.6. The van der Waals surface area contributed by atoms with Crippen molar-refractivity contribution < 1.29 is 19.1 Å². The van der Waals surface area contributed by atoms with Crippen molar-refractivity contribution in [1.29, 1.82) is 0 Å². The molecule has 0 aliphatic carbocycles. The number of carbonyl (C=O) groups excluding carboxylic acids is 2. The minimum atomic E-state index is -0.680. The second kappa shape index (κ2) is 8.22. The van der Waals surface area contributed by atoms with E-state index in [2.05, 4.69) is 0 Å². The number of ether oxygens (including phenoxy) is 2. The van der Waals surface area contributed by atoms with Gasteiger partial charge in [-0.15, -0.1) is 0 Å². The molecule has 1 aliphatic heterocycles. The van der Waals surface area contributed by atoms with Gasteiger partial charge in [0.05, 0.1) is 6.61 Å². The molecule has 5 nitrogen and oxygen atoms in total. The Hall–Kier alpha value is -2.30. The Balaban J connectivity index is 1.84. The van der Waals surface area contributed by atoms with Crippen molar-refractivity contribution in [2.24, 2.45) is 0 Å². The second-order valence-corrected chi connectivity index (χ2v) is 5.09. The molecule has 1 amide bonds. The predicted octanol–water partition coefficient (Wildman–Crippen LogP) is 2.91. The summed E-state index contributed by atoms with van der Waals surface area (Å²) in [6, 6.07) is 8.75. The maximum absolute atomic E-state index is 12.1. The Bertz CT molecular complexity index is 527. The topological polar surface area (TPSA) is 55.8 Å². The summed E-state index contributed by atoms with van der Waals surface area (Å²) in [6.07, 6.45) is 4.72. The third-order valence-electron chi connectivity index (χ3n) is 3.38. The van der Waals surface area contributed by atoms with Gasteiger partial charge in [0, 0.05) is 6.54 Å². The molecule has 22 heavy (non-hydrogen) atoms. The van der Waals surface area contributed by atoms with Gasteiger partial charge in [-0.25, -0.2) is 9.59 Å². The van der Waals surface area contributed by atoms with Crippen LogP contribution in [0.5, 0.6) is 0 Å². The van der Waals surface area contributed by atoms with Gasteiger partial charge in [-0.2, -0.15) is 0 Å². The molecule has 1 aliphatic rings. The van der Waals surface area contributed by atoms with E-state index in [-0.39, 0.29) is 6.61 Å². The summed E-state index contributed by atoms with van der Waals surface area (Å²) in [5.41, 5.74) is 0.907. The third-order valence-corrected chi connectivity index (χ3v) is 3.38. The quantitative estimate of drug-likeness (QED) is 0.460. The summed E-state index contributed by atoms with van der Waals surface area (Å²) in [5, 5.41) is 0. The van der Waals surface area contributed by atoms with Crippen LogP contribution in [0.4, 0.5) is 4.79 Å². The van der Waals surface area contributed by atoms with Crippen LogP contribution in [0, 0.1) is 0 Å². The van der Waals surface area contributed by atoms with Crippen molar-refractivity contribution in [1.82, 2.24) is 4.90 Å². The minimum absolute atomic E-state index is 0.188. The lowest BCUT2D eigenvalue weighted by Crippen LogP contribution is -2.42. The highest BCUT2D eigenvalue weighted by molar-refractivity contribution is 5.84. The molecule has 2 rings (SSSR count). The first kappa shape index (κ1) is 16.1. The summed E-state index contributed by atoms with van der Waals surface area (Å²) in [4.78, 5) is 25.5. The number of esters is 1. The van der Waals surface area contributed by atoms with Crippen LogP contribution >= 0.6 is 0 Å². The van der Waals surface area contributed by atoms with Gasteiger partial charge in [0.25, 0.3) is 0 Å². The molecule has 0 spiro atoms. The van der Waals surface area contributed by atoms with Crippen molar-refractivity contribution in [2.75, 3.05) is 13.2 Å². The highest BCUT2D eigenvalue weighted by Gasteiger charge is 2.32. The van der Waals surface area contributed by atoms with E-state index in [4.69, 9.17) is 9.47 Å². The monoisotopic (exact) mass is 303 g/mol. The van der Waals surface area contributed by atoms with Crippen LogP contribution < -0.4 is 0 Å². The van der Waals surface area contributed by atoms with E-state index in [0.29, 0.717) is 13.2 Å². The number of hydrogen-bond acceptors (Lipinski definition) is 4. The summed E-state index contributed by atoms with van der Waals surface area (Å²) in [6.45, 7) is 2.96. The molecule has 0 bridgehead atoms. The average Bonchev–Trinajstić information content (AvgIpc) is 3.03. The van der Waals surface area contributed by atoms with Crippen molar-refractivity contribution in [3.8, 4) is 0 Å². The van der Waals surface area contributed by atoms with Gasteiger partial charge in [0.1, 0.15) is 6.61 Å². The van der Waals surface area contributed by atoms with E-state index in [1.165, 1.54) is 4.90 Å². The first-order chi connectivity index (χ1) is 10.7. The Labute approximate surface area is 130 Å². The number of rotatable bonds is 6. The summed E-state index contributed by atoms with van der Waals surface area (Å²) < 4.78 is 10.4. The van der Waals surface area contributed by atoms with E-state index >= 15 is 0 Å². The smallest absolute Gasteiger partial charge is 0.411 e. The standard InChI is InChI=1S/C17H21NO4/c1-2-3-12-21-16(19)15-10-7-11-18(15)17(20)22-13-14-8-5-4-6-9-14/h4-10,15H,2-3,11-13H2,1H3/t15-/m0/s1. The Morgan fingerprint density at radius 2 is 2.00 bits per heavy atom. The number of carbonyl (C=O) groups is 2. The molecule has 1 aromatic rings. The van der Waals surface area contributed by atoms with Gasteiger partial charge in [-0.3, -0.25) is 4.90 Å². The third kappa shape index (κ3) is 4.35. The number of benzene rings is 1. The van der Waals surface area contributed by atoms with Crippen LogP contribution in [0.1, 0.15) is 25.3 Å². The molecule has 0 aromatic heterocycles. The number of hydrogen-bond donors (Lipinski definition) is 0. The van der Waals surface area contributed by atoms with E-state index in [1.807, 2.05) is 37.3 Å². The number of unbranched alkanes of at least 4 members (excludes halogenated alkanes) is 1. The Kier molecular flexibility index (Phi) is 6.01. The van der Waals surface area contributed by atoms with Crippen LogP contribution in [-0.2, 0) is 20.9 Å². The van der Waals surface area contributed by atoms with E-state index in [0.717, 1.165) is 18.4 Å². The molecule has 1 aromatic carbocycles. The summed E-state index contributed by atoms with van der Waals surface area (Å²) >= 11 is 0.